The van der Waals surface area contributed by atoms with E-state index in [1.807, 2.05) is 0 Å². The zero-order valence-electron chi connectivity index (χ0n) is 13.9. The first-order chi connectivity index (χ1) is 11.6. The SMILES string of the molecule is O=C1CCC(N2CC3CCC2C3)CCN1Cc1ccc(F)c(F)c1. The normalized spacial score (nSPS) is 30.8. The van der Waals surface area contributed by atoms with E-state index in [1.54, 1.807) is 11.0 Å². The molecule has 2 aliphatic heterocycles. The third kappa shape index (κ3) is 3.06. The van der Waals surface area contributed by atoms with Gasteiger partial charge in [-0.25, -0.2) is 8.78 Å². The van der Waals surface area contributed by atoms with Crippen LogP contribution in [0.3, 0.4) is 0 Å². The average molecular weight is 334 g/mol. The van der Waals surface area contributed by atoms with Crippen LogP contribution in [0.25, 0.3) is 0 Å². The van der Waals surface area contributed by atoms with Gasteiger partial charge in [0.05, 0.1) is 0 Å². The largest absolute Gasteiger partial charge is 0.338 e. The van der Waals surface area contributed by atoms with Crippen molar-refractivity contribution >= 4 is 5.91 Å². The lowest BCUT2D eigenvalue weighted by atomic mass is 10.0. The predicted octanol–water partition coefficient (Wildman–Crippen LogP) is 3.33. The summed E-state index contributed by atoms with van der Waals surface area (Å²) in [5.41, 5.74) is 0.654. The van der Waals surface area contributed by atoms with Crippen LogP contribution in [-0.2, 0) is 11.3 Å². The molecule has 24 heavy (non-hydrogen) atoms. The lowest BCUT2D eigenvalue weighted by Crippen LogP contribution is -2.41. The molecule has 2 saturated heterocycles. The van der Waals surface area contributed by atoms with E-state index >= 15 is 0 Å². The van der Waals surface area contributed by atoms with Crippen molar-refractivity contribution in [2.75, 3.05) is 13.1 Å². The van der Waals surface area contributed by atoms with Crippen LogP contribution >= 0.6 is 0 Å². The number of rotatable bonds is 3. The highest BCUT2D eigenvalue weighted by Crippen LogP contribution is 2.40. The lowest BCUT2D eigenvalue weighted by Gasteiger charge is -2.34. The Balaban J connectivity index is 1.40. The maximum absolute atomic E-state index is 13.4. The number of halogens is 2. The van der Waals surface area contributed by atoms with Crippen molar-refractivity contribution in [3.8, 4) is 0 Å². The van der Waals surface area contributed by atoms with E-state index < -0.39 is 11.6 Å². The van der Waals surface area contributed by atoms with E-state index in [-0.39, 0.29) is 5.91 Å². The molecule has 1 aliphatic carbocycles. The van der Waals surface area contributed by atoms with E-state index in [0.717, 1.165) is 30.9 Å². The van der Waals surface area contributed by atoms with Crippen molar-refractivity contribution in [1.29, 1.82) is 0 Å². The molecule has 130 valence electrons. The monoisotopic (exact) mass is 334 g/mol. The van der Waals surface area contributed by atoms with Gasteiger partial charge >= 0.3 is 0 Å². The molecule has 2 bridgehead atoms. The maximum atomic E-state index is 13.4. The highest BCUT2D eigenvalue weighted by atomic mass is 19.2. The zero-order chi connectivity index (χ0) is 16.7. The first kappa shape index (κ1) is 16.0. The molecule has 0 aromatic heterocycles. The molecule has 0 spiro atoms. The Labute approximate surface area is 141 Å². The molecule has 4 rings (SSSR count). The highest BCUT2D eigenvalue weighted by molar-refractivity contribution is 5.76. The molecular formula is C19H24F2N2O. The van der Waals surface area contributed by atoms with Gasteiger partial charge in [-0.05, 0) is 55.7 Å². The lowest BCUT2D eigenvalue weighted by molar-refractivity contribution is -0.131. The molecular weight excluding hydrogens is 310 g/mol. The van der Waals surface area contributed by atoms with Gasteiger partial charge in [-0.2, -0.15) is 0 Å². The fourth-order valence-electron chi connectivity index (χ4n) is 4.79. The molecule has 3 nitrogen and oxygen atoms in total. The Morgan fingerprint density at radius 3 is 2.62 bits per heavy atom. The van der Waals surface area contributed by atoms with Crippen LogP contribution in [-0.4, -0.2) is 40.9 Å². The third-order valence-electron chi connectivity index (χ3n) is 6.05. The van der Waals surface area contributed by atoms with Crippen molar-refractivity contribution in [3.05, 3.63) is 35.4 Å². The van der Waals surface area contributed by atoms with Gasteiger partial charge in [-0.1, -0.05) is 6.07 Å². The Morgan fingerprint density at radius 1 is 1.04 bits per heavy atom. The van der Waals surface area contributed by atoms with Crippen molar-refractivity contribution < 1.29 is 13.6 Å². The zero-order valence-corrected chi connectivity index (χ0v) is 13.9. The number of nitrogens with zero attached hydrogens (tertiary/aromatic N) is 2. The first-order valence-electron chi connectivity index (χ1n) is 9.07. The summed E-state index contributed by atoms with van der Waals surface area (Å²) in [5, 5.41) is 0. The summed E-state index contributed by atoms with van der Waals surface area (Å²) >= 11 is 0. The molecule has 0 radical (unpaired) electrons. The minimum Gasteiger partial charge on any atom is -0.338 e. The molecule has 3 unspecified atom stereocenters. The number of likely N-dealkylation sites (tertiary alicyclic amines) is 2. The molecule has 2 heterocycles. The standard InChI is InChI=1S/C19H24F2N2O/c20-17-5-2-14(10-18(17)21)11-22-8-7-15(4-6-19(22)24)23-12-13-1-3-16(23)9-13/h2,5,10,13,15-16H,1,3-4,6-9,11-12H2. The van der Waals surface area contributed by atoms with Crippen LogP contribution in [0, 0.1) is 17.6 Å². The first-order valence-corrected chi connectivity index (χ1v) is 9.07. The van der Waals surface area contributed by atoms with E-state index in [2.05, 4.69) is 4.90 Å². The van der Waals surface area contributed by atoms with Crippen LogP contribution in [0.5, 0.6) is 0 Å². The van der Waals surface area contributed by atoms with E-state index in [9.17, 15) is 13.6 Å². The van der Waals surface area contributed by atoms with Crippen molar-refractivity contribution in [2.24, 2.45) is 5.92 Å². The molecule has 3 aliphatic rings. The van der Waals surface area contributed by atoms with E-state index in [1.165, 1.54) is 31.9 Å². The summed E-state index contributed by atoms with van der Waals surface area (Å²) < 4.78 is 26.4. The van der Waals surface area contributed by atoms with Gasteiger partial charge in [0.2, 0.25) is 5.91 Å². The number of carbonyl (C=O) groups excluding carboxylic acids is 1. The van der Waals surface area contributed by atoms with Crippen LogP contribution in [0.15, 0.2) is 18.2 Å². The Kier molecular flexibility index (Phi) is 4.29. The second kappa shape index (κ2) is 6.43. The summed E-state index contributed by atoms with van der Waals surface area (Å²) in [5.74, 6) is -0.690. The summed E-state index contributed by atoms with van der Waals surface area (Å²) in [4.78, 5) is 16.9. The van der Waals surface area contributed by atoms with Gasteiger partial charge in [0.25, 0.3) is 0 Å². The molecule has 1 amide bonds. The minimum absolute atomic E-state index is 0.131. The maximum Gasteiger partial charge on any atom is 0.222 e. The fraction of sp³-hybridized carbons (Fsp3) is 0.632. The van der Waals surface area contributed by atoms with Gasteiger partial charge in [0, 0.05) is 38.1 Å². The molecule has 1 aromatic carbocycles. The van der Waals surface area contributed by atoms with Crippen molar-refractivity contribution in [3.63, 3.8) is 0 Å². The van der Waals surface area contributed by atoms with Crippen LogP contribution in [0.4, 0.5) is 8.78 Å². The van der Waals surface area contributed by atoms with Crippen LogP contribution < -0.4 is 0 Å². The summed E-state index contributed by atoms with van der Waals surface area (Å²) in [6.07, 6.45) is 6.49. The van der Waals surface area contributed by atoms with E-state index in [4.69, 9.17) is 0 Å². The predicted molar refractivity (Wildman–Crippen MR) is 87.2 cm³/mol. The number of hydrogen-bond donors (Lipinski definition) is 0. The number of fused-ring (bicyclic) bond motifs is 2. The molecule has 3 fully saturated rings. The Morgan fingerprint density at radius 2 is 1.92 bits per heavy atom. The fourth-order valence-corrected chi connectivity index (χ4v) is 4.79. The average Bonchev–Trinajstić information content (AvgIpc) is 3.15. The Bertz CT molecular complexity index is 636. The van der Waals surface area contributed by atoms with Gasteiger partial charge in [0.15, 0.2) is 11.6 Å². The molecule has 1 aromatic rings. The van der Waals surface area contributed by atoms with E-state index in [0.29, 0.717) is 31.1 Å². The summed E-state index contributed by atoms with van der Waals surface area (Å²) in [6, 6.07) is 5.13. The Hall–Kier alpha value is -1.49. The third-order valence-corrected chi connectivity index (χ3v) is 6.05. The second-order valence-corrected chi connectivity index (χ2v) is 7.57. The molecule has 1 saturated carbocycles. The number of benzene rings is 1. The molecule has 0 N–H and O–H groups in total. The van der Waals surface area contributed by atoms with Crippen LogP contribution in [0.2, 0.25) is 0 Å². The number of hydrogen-bond acceptors (Lipinski definition) is 2. The van der Waals surface area contributed by atoms with Gasteiger partial charge in [-0.15, -0.1) is 0 Å². The number of carbonyl (C=O) groups is 1. The second-order valence-electron chi connectivity index (χ2n) is 7.57. The van der Waals surface area contributed by atoms with Crippen LogP contribution in [0.1, 0.15) is 44.1 Å². The highest BCUT2D eigenvalue weighted by Gasteiger charge is 2.41. The smallest absolute Gasteiger partial charge is 0.222 e. The minimum atomic E-state index is -0.847. The topological polar surface area (TPSA) is 23.6 Å². The molecule has 3 atom stereocenters. The van der Waals surface area contributed by atoms with Gasteiger partial charge in [-0.3, -0.25) is 9.69 Å². The quantitative estimate of drug-likeness (QED) is 0.846. The van der Waals surface area contributed by atoms with Gasteiger partial charge < -0.3 is 4.90 Å². The van der Waals surface area contributed by atoms with Gasteiger partial charge in [0.1, 0.15) is 0 Å². The number of amides is 1. The summed E-state index contributed by atoms with van der Waals surface area (Å²) in [6.45, 7) is 2.28. The summed E-state index contributed by atoms with van der Waals surface area (Å²) in [7, 11) is 0. The van der Waals surface area contributed by atoms with Crippen molar-refractivity contribution in [2.45, 2.75) is 57.2 Å². The number of piperidine rings is 1. The molecule has 5 heteroatoms. The van der Waals surface area contributed by atoms with Crippen molar-refractivity contribution in [1.82, 2.24) is 9.80 Å².